The fraction of sp³-hybridized carbons (Fsp3) is 0.143. The van der Waals surface area contributed by atoms with Gasteiger partial charge in [0.25, 0.3) is 5.91 Å². The van der Waals surface area contributed by atoms with Crippen molar-refractivity contribution in [1.82, 2.24) is 9.88 Å². The van der Waals surface area contributed by atoms with E-state index in [9.17, 15) is 4.79 Å². The summed E-state index contributed by atoms with van der Waals surface area (Å²) in [6.07, 6.45) is 4.13. The quantitative estimate of drug-likeness (QED) is 0.682. The Morgan fingerprint density at radius 2 is 1.76 bits per heavy atom. The fourth-order valence-electron chi connectivity index (χ4n) is 3.47. The molecule has 2 heterocycles. The number of hydrogen-bond donors (Lipinski definition) is 0. The summed E-state index contributed by atoms with van der Waals surface area (Å²) in [6.45, 7) is 0.653. The lowest BCUT2D eigenvalue weighted by Gasteiger charge is -2.38. The number of fused-ring (bicyclic) bond motifs is 1. The van der Waals surface area contributed by atoms with E-state index in [0.29, 0.717) is 17.1 Å². The Balaban J connectivity index is 1.84. The lowest BCUT2D eigenvalue weighted by atomic mass is 9.87. The van der Waals surface area contributed by atoms with Gasteiger partial charge in [-0.1, -0.05) is 54.1 Å². The number of benzene rings is 2. The van der Waals surface area contributed by atoms with Crippen molar-refractivity contribution in [1.29, 1.82) is 0 Å². The maximum Gasteiger partial charge on any atom is 0.256 e. The van der Waals surface area contributed by atoms with E-state index in [-0.39, 0.29) is 11.9 Å². The molecule has 25 heavy (non-hydrogen) atoms. The molecular formula is C21H17ClN2O. The number of amides is 1. The van der Waals surface area contributed by atoms with Crippen LogP contribution in [0.4, 0.5) is 0 Å². The summed E-state index contributed by atoms with van der Waals surface area (Å²) >= 11 is 6.49. The number of nitrogens with zero attached hydrogens (tertiary/aromatic N) is 2. The summed E-state index contributed by atoms with van der Waals surface area (Å²) in [7, 11) is 0. The first kappa shape index (κ1) is 15.9. The van der Waals surface area contributed by atoms with Crippen molar-refractivity contribution in [2.75, 3.05) is 6.54 Å². The molecule has 1 aliphatic heterocycles. The summed E-state index contributed by atoms with van der Waals surface area (Å²) in [4.78, 5) is 19.1. The smallest absolute Gasteiger partial charge is 0.256 e. The molecule has 0 aliphatic carbocycles. The molecule has 1 unspecified atom stereocenters. The lowest BCUT2D eigenvalue weighted by molar-refractivity contribution is 0.0694. The van der Waals surface area contributed by atoms with Gasteiger partial charge in [-0.05, 0) is 41.3 Å². The predicted molar refractivity (Wildman–Crippen MR) is 98.7 cm³/mol. The van der Waals surface area contributed by atoms with Crippen molar-refractivity contribution in [3.8, 4) is 0 Å². The summed E-state index contributed by atoms with van der Waals surface area (Å²) in [5, 5.41) is 0.674. The second-order valence-corrected chi connectivity index (χ2v) is 6.52. The molecule has 1 amide bonds. The Hall–Kier alpha value is -2.65. The molecule has 1 aliphatic rings. The Morgan fingerprint density at radius 1 is 1.00 bits per heavy atom. The van der Waals surface area contributed by atoms with Crippen LogP contribution in [0.2, 0.25) is 5.02 Å². The van der Waals surface area contributed by atoms with Gasteiger partial charge in [-0.15, -0.1) is 0 Å². The molecule has 3 nitrogen and oxygen atoms in total. The molecule has 0 radical (unpaired) electrons. The highest BCUT2D eigenvalue weighted by atomic mass is 35.5. The number of hydrogen-bond acceptors (Lipinski definition) is 2. The number of rotatable bonds is 2. The van der Waals surface area contributed by atoms with E-state index in [4.69, 9.17) is 11.6 Å². The molecule has 4 rings (SSSR count). The summed E-state index contributed by atoms with van der Waals surface area (Å²) < 4.78 is 0. The van der Waals surface area contributed by atoms with Gasteiger partial charge >= 0.3 is 0 Å². The van der Waals surface area contributed by atoms with Gasteiger partial charge in [-0.25, -0.2) is 0 Å². The van der Waals surface area contributed by atoms with E-state index in [2.05, 4.69) is 17.1 Å². The van der Waals surface area contributed by atoms with Gasteiger partial charge in [0.05, 0.1) is 11.6 Å². The van der Waals surface area contributed by atoms with Gasteiger partial charge in [0.1, 0.15) is 0 Å². The van der Waals surface area contributed by atoms with Gasteiger partial charge in [-0.2, -0.15) is 0 Å². The largest absolute Gasteiger partial charge is 0.327 e. The molecular weight excluding hydrogens is 332 g/mol. The zero-order valence-corrected chi connectivity index (χ0v) is 14.4. The number of pyridine rings is 1. The van der Waals surface area contributed by atoms with Crippen LogP contribution in [0.25, 0.3) is 0 Å². The lowest BCUT2D eigenvalue weighted by Crippen LogP contribution is -2.40. The number of halogens is 1. The molecule has 1 aromatic heterocycles. The van der Waals surface area contributed by atoms with Crippen molar-refractivity contribution in [2.24, 2.45) is 0 Å². The van der Waals surface area contributed by atoms with E-state index in [1.165, 1.54) is 5.56 Å². The van der Waals surface area contributed by atoms with Crippen LogP contribution in [-0.4, -0.2) is 22.3 Å². The third-order valence-corrected chi connectivity index (χ3v) is 5.00. The Bertz CT molecular complexity index is 911. The molecule has 0 bridgehead atoms. The minimum absolute atomic E-state index is 0.0208. The van der Waals surface area contributed by atoms with E-state index in [0.717, 1.165) is 17.5 Å². The van der Waals surface area contributed by atoms with Crippen molar-refractivity contribution < 1.29 is 4.79 Å². The van der Waals surface area contributed by atoms with Gasteiger partial charge in [0, 0.05) is 24.0 Å². The second kappa shape index (κ2) is 6.69. The number of aromatic nitrogens is 1. The normalized spacial score (nSPS) is 16.4. The van der Waals surface area contributed by atoms with Gasteiger partial charge in [0.2, 0.25) is 0 Å². The average Bonchev–Trinajstić information content (AvgIpc) is 2.68. The summed E-state index contributed by atoms with van der Waals surface area (Å²) in [6, 6.07) is 19.4. The topological polar surface area (TPSA) is 33.2 Å². The van der Waals surface area contributed by atoms with Crippen LogP contribution < -0.4 is 0 Å². The van der Waals surface area contributed by atoms with Crippen LogP contribution in [0.3, 0.4) is 0 Å². The SMILES string of the molecule is O=C(c1cccnc1)N1CCc2ccccc2C1c1ccccc1Cl. The number of carbonyl (C=O) groups is 1. The van der Waals surface area contributed by atoms with E-state index >= 15 is 0 Å². The molecule has 3 aromatic rings. The van der Waals surface area contributed by atoms with E-state index in [1.807, 2.05) is 41.3 Å². The van der Waals surface area contributed by atoms with Crippen LogP contribution in [0, 0.1) is 0 Å². The first-order valence-electron chi connectivity index (χ1n) is 8.29. The monoisotopic (exact) mass is 348 g/mol. The third kappa shape index (κ3) is 2.92. The number of carbonyl (C=O) groups excluding carboxylic acids is 1. The first-order chi connectivity index (χ1) is 12.3. The van der Waals surface area contributed by atoms with Crippen LogP contribution in [0.1, 0.15) is 33.1 Å². The fourth-order valence-corrected chi connectivity index (χ4v) is 3.71. The maximum atomic E-state index is 13.1. The zero-order valence-electron chi connectivity index (χ0n) is 13.6. The van der Waals surface area contributed by atoms with Crippen LogP contribution in [-0.2, 0) is 6.42 Å². The molecule has 124 valence electrons. The second-order valence-electron chi connectivity index (χ2n) is 6.11. The maximum absolute atomic E-state index is 13.1. The standard InChI is InChI=1S/C21H17ClN2O/c22-19-10-4-3-9-18(19)20-17-8-2-1-6-15(17)11-13-24(20)21(25)16-7-5-12-23-14-16/h1-10,12,14,20H,11,13H2. The molecule has 1 atom stereocenters. The van der Waals surface area contributed by atoms with Crippen LogP contribution in [0.15, 0.2) is 73.1 Å². The highest BCUT2D eigenvalue weighted by Crippen LogP contribution is 2.38. The Morgan fingerprint density at radius 3 is 2.52 bits per heavy atom. The van der Waals surface area contributed by atoms with Crippen molar-refractivity contribution >= 4 is 17.5 Å². The Kier molecular flexibility index (Phi) is 4.24. The average molecular weight is 349 g/mol. The predicted octanol–water partition coefficient (Wildman–Crippen LogP) is 4.52. The van der Waals surface area contributed by atoms with E-state index < -0.39 is 0 Å². The van der Waals surface area contributed by atoms with Gasteiger partial charge in [0.15, 0.2) is 0 Å². The van der Waals surface area contributed by atoms with Crippen molar-refractivity contribution in [3.63, 3.8) is 0 Å². The summed E-state index contributed by atoms with van der Waals surface area (Å²) in [5.74, 6) is -0.0208. The van der Waals surface area contributed by atoms with Gasteiger partial charge < -0.3 is 4.90 Å². The molecule has 2 aromatic carbocycles. The molecule has 0 spiro atoms. The zero-order chi connectivity index (χ0) is 17.2. The summed E-state index contributed by atoms with van der Waals surface area (Å²) in [5.41, 5.74) is 3.95. The minimum Gasteiger partial charge on any atom is -0.327 e. The minimum atomic E-state index is -0.189. The van der Waals surface area contributed by atoms with Crippen LogP contribution in [0.5, 0.6) is 0 Å². The molecule has 0 N–H and O–H groups in total. The van der Waals surface area contributed by atoms with Crippen molar-refractivity contribution in [3.05, 3.63) is 100 Å². The molecule has 0 saturated carbocycles. The van der Waals surface area contributed by atoms with Gasteiger partial charge in [-0.3, -0.25) is 9.78 Å². The molecule has 0 saturated heterocycles. The first-order valence-corrected chi connectivity index (χ1v) is 8.67. The Labute approximate surface area is 151 Å². The van der Waals surface area contributed by atoms with Crippen LogP contribution >= 0.6 is 11.6 Å². The third-order valence-electron chi connectivity index (χ3n) is 4.65. The molecule has 0 fully saturated rings. The highest BCUT2D eigenvalue weighted by Gasteiger charge is 2.33. The molecule has 4 heteroatoms. The highest BCUT2D eigenvalue weighted by molar-refractivity contribution is 6.31. The van der Waals surface area contributed by atoms with Crippen molar-refractivity contribution in [2.45, 2.75) is 12.5 Å². The van der Waals surface area contributed by atoms with E-state index in [1.54, 1.807) is 24.5 Å².